The molecule has 1 aliphatic rings. The van der Waals surface area contributed by atoms with E-state index in [-0.39, 0.29) is 24.2 Å². The largest absolute Gasteiger partial charge is 0.339 e. The number of hydrogen-bond acceptors (Lipinski definition) is 4. The summed E-state index contributed by atoms with van der Waals surface area (Å²) < 4.78 is 13.2. The molecular formula is C24H31FN4O2. The molecule has 0 aromatic heterocycles. The molecule has 1 fully saturated rings. The van der Waals surface area contributed by atoms with Gasteiger partial charge in [0.25, 0.3) is 0 Å². The quantitative estimate of drug-likeness (QED) is 0.740. The molecule has 0 spiro atoms. The summed E-state index contributed by atoms with van der Waals surface area (Å²) in [5.41, 5.74) is 4.16. The summed E-state index contributed by atoms with van der Waals surface area (Å²) in [6, 6.07) is 12.2. The molecular weight excluding hydrogens is 395 g/mol. The van der Waals surface area contributed by atoms with Gasteiger partial charge in [-0.3, -0.25) is 19.4 Å². The van der Waals surface area contributed by atoms with Gasteiger partial charge in [-0.05, 0) is 50.2 Å². The van der Waals surface area contributed by atoms with Gasteiger partial charge >= 0.3 is 0 Å². The SMILES string of the molecule is Cc1ccc(CN(C)CC(=O)N2CCN(CC(=O)Nc3cccc(F)c3)CC2)c(C)c1. The van der Waals surface area contributed by atoms with Gasteiger partial charge in [0, 0.05) is 38.4 Å². The highest BCUT2D eigenvalue weighted by molar-refractivity contribution is 5.92. The number of halogens is 1. The van der Waals surface area contributed by atoms with Crippen molar-refractivity contribution in [2.45, 2.75) is 20.4 Å². The van der Waals surface area contributed by atoms with Crippen LogP contribution in [0.1, 0.15) is 16.7 Å². The lowest BCUT2D eigenvalue weighted by molar-refractivity contribution is -0.134. The minimum absolute atomic E-state index is 0.108. The number of rotatable bonds is 7. The maximum absolute atomic E-state index is 13.2. The van der Waals surface area contributed by atoms with Crippen LogP contribution in [0.15, 0.2) is 42.5 Å². The van der Waals surface area contributed by atoms with Crippen molar-refractivity contribution < 1.29 is 14.0 Å². The van der Waals surface area contributed by atoms with Crippen LogP contribution in [0.2, 0.25) is 0 Å². The molecule has 0 atom stereocenters. The van der Waals surface area contributed by atoms with E-state index in [1.54, 1.807) is 12.1 Å². The molecule has 1 saturated heterocycles. The molecule has 7 heteroatoms. The Bertz CT molecular complexity index is 926. The van der Waals surface area contributed by atoms with Crippen molar-refractivity contribution in [2.75, 3.05) is 51.6 Å². The van der Waals surface area contributed by atoms with Crippen LogP contribution in [0.3, 0.4) is 0 Å². The number of carbonyl (C=O) groups excluding carboxylic acids is 2. The van der Waals surface area contributed by atoms with Crippen LogP contribution < -0.4 is 5.32 Å². The van der Waals surface area contributed by atoms with Gasteiger partial charge in [0.15, 0.2) is 0 Å². The second-order valence-electron chi connectivity index (χ2n) is 8.32. The van der Waals surface area contributed by atoms with Gasteiger partial charge in [-0.1, -0.05) is 29.8 Å². The number of nitrogens with zero attached hydrogens (tertiary/aromatic N) is 3. The summed E-state index contributed by atoms with van der Waals surface area (Å²) in [5, 5.41) is 2.71. The summed E-state index contributed by atoms with van der Waals surface area (Å²) in [6.45, 7) is 7.99. The van der Waals surface area contributed by atoms with E-state index in [4.69, 9.17) is 0 Å². The number of piperazine rings is 1. The average Bonchev–Trinajstić information content (AvgIpc) is 2.70. The Morgan fingerprint density at radius 2 is 1.81 bits per heavy atom. The third kappa shape index (κ3) is 6.87. The molecule has 2 aromatic rings. The molecule has 0 aliphatic carbocycles. The molecule has 3 rings (SSSR count). The molecule has 1 aliphatic heterocycles. The number of aryl methyl sites for hydroxylation is 2. The van der Waals surface area contributed by atoms with Gasteiger partial charge in [0.05, 0.1) is 13.1 Å². The molecule has 0 saturated carbocycles. The molecule has 31 heavy (non-hydrogen) atoms. The second kappa shape index (κ2) is 10.5. The van der Waals surface area contributed by atoms with E-state index in [0.29, 0.717) is 38.4 Å². The molecule has 2 aromatic carbocycles. The van der Waals surface area contributed by atoms with Crippen LogP contribution in [0, 0.1) is 19.7 Å². The molecule has 1 N–H and O–H groups in total. The summed E-state index contributed by atoms with van der Waals surface area (Å²) in [7, 11) is 1.96. The molecule has 6 nitrogen and oxygen atoms in total. The van der Waals surface area contributed by atoms with Crippen molar-refractivity contribution in [3.63, 3.8) is 0 Å². The highest BCUT2D eigenvalue weighted by atomic mass is 19.1. The minimum Gasteiger partial charge on any atom is -0.339 e. The third-order valence-corrected chi connectivity index (χ3v) is 5.54. The zero-order chi connectivity index (χ0) is 22.4. The lowest BCUT2D eigenvalue weighted by atomic mass is 10.1. The van der Waals surface area contributed by atoms with E-state index in [2.05, 4.69) is 37.4 Å². The fourth-order valence-electron chi connectivity index (χ4n) is 3.83. The van der Waals surface area contributed by atoms with E-state index in [1.807, 2.05) is 21.7 Å². The summed E-state index contributed by atoms with van der Waals surface area (Å²) >= 11 is 0. The Morgan fingerprint density at radius 1 is 1.06 bits per heavy atom. The first-order valence-electron chi connectivity index (χ1n) is 10.6. The van der Waals surface area contributed by atoms with Crippen LogP contribution in [0.4, 0.5) is 10.1 Å². The average molecular weight is 427 g/mol. The third-order valence-electron chi connectivity index (χ3n) is 5.54. The first-order valence-corrected chi connectivity index (χ1v) is 10.6. The Morgan fingerprint density at radius 3 is 2.48 bits per heavy atom. The van der Waals surface area contributed by atoms with Gasteiger partial charge in [-0.15, -0.1) is 0 Å². The van der Waals surface area contributed by atoms with Crippen molar-refractivity contribution in [3.05, 3.63) is 65.0 Å². The van der Waals surface area contributed by atoms with Crippen LogP contribution >= 0.6 is 0 Å². The topological polar surface area (TPSA) is 55.9 Å². The van der Waals surface area contributed by atoms with Gasteiger partial charge in [0.2, 0.25) is 11.8 Å². The van der Waals surface area contributed by atoms with Gasteiger partial charge in [-0.25, -0.2) is 4.39 Å². The number of likely N-dealkylation sites (N-methyl/N-ethyl adjacent to an activating group) is 1. The van der Waals surface area contributed by atoms with E-state index in [1.165, 1.54) is 28.8 Å². The molecule has 0 unspecified atom stereocenters. The first kappa shape index (κ1) is 22.9. The Kier molecular flexibility index (Phi) is 7.76. The molecule has 166 valence electrons. The van der Waals surface area contributed by atoms with Crippen molar-refractivity contribution in [3.8, 4) is 0 Å². The highest BCUT2D eigenvalue weighted by Gasteiger charge is 2.23. The monoisotopic (exact) mass is 426 g/mol. The predicted octanol–water partition coefficient (Wildman–Crippen LogP) is 2.66. The Balaban J connectivity index is 1.41. The Labute approximate surface area is 183 Å². The normalized spacial score (nSPS) is 14.7. The first-order chi connectivity index (χ1) is 14.8. The molecule has 0 radical (unpaired) electrons. The molecule has 2 amide bonds. The van der Waals surface area contributed by atoms with Gasteiger partial charge in [0.1, 0.15) is 5.82 Å². The van der Waals surface area contributed by atoms with Crippen molar-refractivity contribution in [1.29, 1.82) is 0 Å². The predicted molar refractivity (Wildman–Crippen MR) is 120 cm³/mol. The second-order valence-corrected chi connectivity index (χ2v) is 8.32. The zero-order valence-corrected chi connectivity index (χ0v) is 18.5. The Hall–Kier alpha value is -2.77. The number of amides is 2. The fourth-order valence-corrected chi connectivity index (χ4v) is 3.83. The van der Waals surface area contributed by atoms with E-state index in [0.717, 1.165) is 6.54 Å². The van der Waals surface area contributed by atoms with Crippen molar-refractivity contribution in [2.24, 2.45) is 0 Å². The maximum atomic E-state index is 13.2. The van der Waals surface area contributed by atoms with Crippen LogP contribution in [0.25, 0.3) is 0 Å². The van der Waals surface area contributed by atoms with Gasteiger partial charge in [-0.2, -0.15) is 0 Å². The number of nitrogens with one attached hydrogen (secondary N) is 1. The van der Waals surface area contributed by atoms with E-state index in [9.17, 15) is 14.0 Å². The lowest BCUT2D eigenvalue weighted by Gasteiger charge is -2.35. The van der Waals surface area contributed by atoms with Crippen LogP contribution in [-0.2, 0) is 16.1 Å². The minimum atomic E-state index is -0.382. The summed E-state index contributed by atoms with van der Waals surface area (Å²) in [4.78, 5) is 30.8. The van der Waals surface area contributed by atoms with Crippen molar-refractivity contribution in [1.82, 2.24) is 14.7 Å². The standard InChI is InChI=1S/C24H31FN4O2/c1-18-7-8-20(19(2)13-18)15-27(3)17-24(31)29-11-9-28(10-12-29)16-23(30)26-22-6-4-5-21(25)14-22/h4-8,13-14H,9-12,15-17H2,1-3H3,(H,26,30). The number of benzene rings is 2. The maximum Gasteiger partial charge on any atom is 0.238 e. The van der Waals surface area contributed by atoms with E-state index >= 15 is 0 Å². The summed E-state index contributed by atoms with van der Waals surface area (Å²) in [5.74, 6) is -0.456. The fraction of sp³-hybridized carbons (Fsp3) is 0.417. The smallest absolute Gasteiger partial charge is 0.238 e. The number of carbonyl (C=O) groups is 2. The van der Waals surface area contributed by atoms with Crippen LogP contribution in [0.5, 0.6) is 0 Å². The van der Waals surface area contributed by atoms with E-state index < -0.39 is 0 Å². The lowest BCUT2D eigenvalue weighted by Crippen LogP contribution is -2.52. The molecule has 0 bridgehead atoms. The van der Waals surface area contributed by atoms with Crippen LogP contribution in [-0.4, -0.2) is 72.8 Å². The summed E-state index contributed by atoms with van der Waals surface area (Å²) in [6.07, 6.45) is 0. The molecule has 1 heterocycles. The number of anilines is 1. The van der Waals surface area contributed by atoms with Gasteiger partial charge < -0.3 is 10.2 Å². The number of hydrogen-bond donors (Lipinski definition) is 1. The zero-order valence-electron chi connectivity index (χ0n) is 18.5. The highest BCUT2D eigenvalue weighted by Crippen LogP contribution is 2.13. The van der Waals surface area contributed by atoms with Crippen molar-refractivity contribution >= 4 is 17.5 Å².